The van der Waals surface area contributed by atoms with Gasteiger partial charge in [0.2, 0.25) is 5.44 Å². The summed E-state index contributed by atoms with van der Waals surface area (Å²) in [6.07, 6.45) is 0. The minimum atomic E-state index is -4.45. The van der Waals surface area contributed by atoms with Gasteiger partial charge in [0.25, 0.3) is 10.1 Å². The summed E-state index contributed by atoms with van der Waals surface area (Å²) >= 11 is 0. The molecule has 0 bridgehead atoms. The minimum Gasteiger partial charge on any atom is -0.371 e. The molecular formula is C11H16O4S. The van der Waals surface area contributed by atoms with Crippen molar-refractivity contribution >= 4 is 10.1 Å². The summed E-state index contributed by atoms with van der Waals surface area (Å²) in [5.74, 6) is 0. The van der Waals surface area contributed by atoms with Crippen LogP contribution in [0.15, 0.2) is 24.3 Å². The smallest absolute Gasteiger partial charge is 0.296 e. The molecule has 90 valence electrons. The van der Waals surface area contributed by atoms with Gasteiger partial charge in [-0.05, 0) is 16.5 Å². The maximum Gasteiger partial charge on any atom is 0.296 e. The van der Waals surface area contributed by atoms with Crippen molar-refractivity contribution in [1.29, 1.82) is 0 Å². The molecule has 1 rings (SSSR count). The van der Waals surface area contributed by atoms with Gasteiger partial charge in [0.05, 0.1) is 0 Å². The number of benzene rings is 1. The fraction of sp³-hybridized carbons (Fsp3) is 0.455. The van der Waals surface area contributed by atoms with Crippen molar-refractivity contribution < 1.29 is 18.1 Å². The molecule has 2 N–H and O–H groups in total. The summed E-state index contributed by atoms with van der Waals surface area (Å²) in [7, 11) is -4.45. The van der Waals surface area contributed by atoms with E-state index in [2.05, 4.69) is 0 Å². The highest BCUT2D eigenvalue weighted by atomic mass is 32.2. The zero-order valence-electron chi connectivity index (χ0n) is 9.51. The average Bonchev–Trinajstić information content (AvgIpc) is 2.14. The average molecular weight is 244 g/mol. The van der Waals surface area contributed by atoms with Crippen LogP contribution < -0.4 is 0 Å². The van der Waals surface area contributed by atoms with Crippen LogP contribution >= 0.6 is 0 Å². The van der Waals surface area contributed by atoms with Gasteiger partial charge >= 0.3 is 0 Å². The van der Waals surface area contributed by atoms with Crippen LogP contribution in [-0.4, -0.2) is 18.1 Å². The molecule has 0 fully saturated rings. The van der Waals surface area contributed by atoms with Crippen LogP contribution in [0.3, 0.4) is 0 Å². The SMILES string of the molecule is CC(C)(C)c1ccc(C(O)S(=O)(=O)O)cc1. The topological polar surface area (TPSA) is 74.6 Å². The second kappa shape index (κ2) is 4.16. The summed E-state index contributed by atoms with van der Waals surface area (Å²) in [5.41, 5.74) is -0.725. The van der Waals surface area contributed by atoms with Crippen LogP contribution in [0, 0.1) is 0 Å². The van der Waals surface area contributed by atoms with Crippen molar-refractivity contribution in [2.75, 3.05) is 0 Å². The molecule has 0 spiro atoms. The minimum absolute atomic E-state index is 0.0401. The summed E-state index contributed by atoms with van der Waals surface area (Å²) in [6, 6.07) is 6.48. The summed E-state index contributed by atoms with van der Waals surface area (Å²) in [4.78, 5) is 0. The molecule has 0 aromatic heterocycles. The molecule has 0 aliphatic carbocycles. The molecule has 0 radical (unpaired) electrons. The lowest BCUT2D eigenvalue weighted by Crippen LogP contribution is -2.13. The largest absolute Gasteiger partial charge is 0.371 e. The third-order valence-corrected chi connectivity index (χ3v) is 3.18. The first-order chi connectivity index (χ1) is 7.12. The summed E-state index contributed by atoms with van der Waals surface area (Å²) in [5, 5.41) is 9.31. The molecule has 16 heavy (non-hydrogen) atoms. The Morgan fingerprint density at radius 2 is 1.56 bits per heavy atom. The number of aliphatic hydroxyl groups excluding tert-OH is 1. The first-order valence-electron chi connectivity index (χ1n) is 4.87. The predicted octanol–water partition coefficient (Wildman–Crippen LogP) is 1.86. The zero-order valence-corrected chi connectivity index (χ0v) is 10.3. The lowest BCUT2D eigenvalue weighted by atomic mass is 9.87. The van der Waals surface area contributed by atoms with E-state index in [1.807, 2.05) is 20.8 Å². The Labute approximate surface area is 95.7 Å². The first-order valence-corrected chi connectivity index (χ1v) is 6.37. The fourth-order valence-corrected chi connectivity index (χ4v) is 1.82. The molecule has 4 nitrogen and oxygen atoms in total. The molecule has 0 aliphatic rings. The third-order valence-electron chi connectivity index (χ3n) is 2.34. The van der Waals surface area contributed by atoms with E-state index in [1.165, 1.54) is 12.1 Å². The van der Waals surface area contributed by atoms with E-state index < -0.39 is 15.6 Å². The zero-order chi connectivity index (χ0) is 12.6. The van der Waals surface area contributed by atoms with Gasteiger partial charge in [0, 0.05) is 0 Å². The molecule has 0 saturated heterocycles. The number of rotatable bonds is 2. The van der Waals surface area contributed by atoms with Crippen LogP contribution in [-0.2, 0) is 15.5 Å². The van der Waals surface area contributed by atoms with Crippen molar-refractivity contribution in [2.24, 2.45) is 0 Å². The molecule has 1 aromatic rings. The maximum absolute atomic E-state index is 10.7. The van der Waals surface area contributed by atoms with Crippen LogP contribution in [0.1, 0.15) is 37.3 Å². The highest BCUT2D eigenvalue weighted by Gasteiger charge is 2.22. The maximum atomic E-state index is 10.7. The van der Waals surface area contributed by atoms with Crippen molar-refractivity contribution in [3.63, 3.8) is 0 Å². The lowest BCUT2D eigenvalue weighted by Gasteiger charge is -2.19. The van der Waals surface area contributed by atoms with E-state index >= 15 is 0 Å². The van der Waals surface area contributed by atoms with Crippen LogP contribution in [0.25, 0.3) is 0 Å². The van der Waals surface area contributed by atoms with E-state index in [0.717, 1.165) is 5.56 Å². The first kappa shape index (κ1) is 13.2. The van der Waals surface area contributed by atoms with Crippen LogP contribution in [0.5, 0.6) is 0 Å². The van der Waals surface area contributed by atoms with Gasteiger partial charge in [-0.2, -0.15) is 8.42 Å². The van der Waals surface area contributed by atoms with Gasteiger partial charge in [-0.15, -0.1) is 0 Å². The van der Waals surface area contributed by atoms with E-state index in [0.29, 0.717) is 0 Å². The Bertz CT molecular complexity index is 454. The van der Waals surface area contributed by atoms with Crippen molar-refractivity contribution in [2.45, 2.75) is 31.6 Å². The Balaban J connectivity index is 3.05. The molecular weight excluding hydrogens is 228 g/mol. The fourth-order valence-electron chi connectivity index (χ4n) is 1.32. The van der Waals surface area contributed by atoms with E-state index in [9.17, 15) is 13.5 Å². The van der Waals surface area contributed by atoms with Gasteiger partial charge in [-0.1, -0.05) is 45.0 Å². The highest BCUT2D eigenvalue weighted by molar-refractivity contribution is 7.85. The predicted molar refractivity (Wildman–Crippen MR) is 61.7 cm³/mol. The third kappa shape index (κ3) is 3.04. The van der Waals surface area contributed by atoms with Crippen LogP contribution in [0.2, 0.25) is 0 Å². The van der Waals surface area contributed by atoms with Gasteiger partial charge in [-0.3, -0.25) is 4.55 Å². The van der Waals surface area contributed by atoms with Gasteiger partial charge in [-0.25, -0.2) is 0 Å². The number of hydrogen-bond acceptors (Lipinski definition) is 3. The van der Waals surface area contributed by atoms with Crippen molar-refractivity contribution in [3.05, 3.63) is 35.4 Å². The van der Waals surface area contributed by atoms with Crippen molar-refractivity contribution in [3.8, 4) is 0 Å². The summed E-state index contributed by atoms with van der Waals surface area (Å²) in [6.45, 7) is 6.09. The Morgan fingerprint density at radius 1 is 1.12 bits per heavy atom. The monoisotopic (exact) mass is 244 g/mol. The molecule has 0 saturated carbocycles. The molecule has 1 unspecified atom stereocenters. The highest BCUT2D eigenvalue weighted by Crippen LogP contribution is 2.25. The van der Waals surface area contributed by atoms with Crippen LogP contribution in [0.4, 0.5) is 0 Å². The Morgan fingerprint density at radius 3 is 1.88 bits per heavy atom. The molecule has 1 aromatic carbocycles. The molecule has 0 heterocycles. The van der Waals surface area contributed by atoms with Gasteiger partial charge in [0.1, 0.15) is 0 Å². The van der Waals surface area contributed by atoms with Gasteiger partial charge < -0.3 is 5.11 Å². The van der Waals surface area contributed by atoms with E-state index in [1.54, 1.807) is 12.1 Å². The Hall–Kier alpha value is -0.910. The lowest BCUT2D eigenvalue weighted by molar-refractivity contribution is 0.238. The molecule has 0 aliphatic heterocycles. The standard InChI is InChI=1S/C11H16O4S/c1-11(2,3)9-6-4-8(5-7-9)10(12)16(13,14)15/h4-7,10,12H,1-3H3,(H,13,14,15). The van der Waals surface area contributed by atoms with E-state index in [-0.39, 0.29) is 11.0 Å². The number of hydrogen-bond donors (Lipinski definition) is 2. The van der Waals surface area contributed by atoms with Crippen molar-refractivity contribution in [1.82, 2.24) is 0 Å². The van der Waals surface area contributed by atoms with E-state index in [4.69, 9.17) is 4.55 Å². The Kier molecular flexibility index (Phi) is 3.42. The second-order valence-corrected chi connectivity index (χ2v) is 6.22. The van der Waals surface area contributed by atoms with Gasteiger partial charge in [0.15, 0.2) is 0 Å². The summed E-state index contributed by atoms with van der Waals surface area (Å²) < 4.78 is 30.1. The number of aliphatic hydroxyl groups is 1. The normalized spacial score (nSPS) is 14.8. The molecule has 1 atom stereocenters. The molecule has 5 heteroatoms. The molecule has 0 amide bonds. The second-order valence-electron chi connectivity index (χ2n) is 4.74. The quantitative estimate of drug-likeness (QED) is 0.779.